The van der Waals surface area contributed by atoms with Gasteiger partial charge >= 0.3 is 0 Å². The van der Waals surface area contributed by atoms with Gasteiger partial charge in [0.05, 0.1) is 0 Å². The average Bonchev–Trinajstić information content (AvgIpc) is 2.01. The van der Waals surface area contributed by atoms with E-state index in [0.29, 0.717) is 0 Å². The van der Waals surface area contributed by atoms with Crippen molar-refractivity contribution in [2.45, 2.75) is 53.4 Å². The van der Waals surface area contributed by atoms with E-state index in [1.165, 1.54) is 36.8 Å². The molecule has 0 aromatic carbocycles. The van der Waals surface area contributed by atoms with Gasteiger partial charge in [-0.25, -0.2) is 0 Å². The zero-order chi connectivity index (χ0) is 9.40. The molecule has 0 unspecified atom stereocenters. The molecular formula is C12H21. The Morgan fingerprint density at radius 3 is 2.33 bits per heavy atom. The van der Waals surface area contributed by atoms with E-state index in [0.717, 1.165) is 0 Å². The van der Waals surface area contributed by atoms with E-state index < -0.39 is 0 Å². The van der Waals surface area contributed by atoms with Crippen LogP contribution in [0.3, 0.4) is 0 Å². The van der Waals surface area contributed by atoms with E-state index in [-0.39, 0.29) is 0 Å². The van der Waals surface area contributed by atoms with Crippen molar-refractivity contribution in [1.82, 2.24) is 0 Å². The molecule has 0 heterocycles. The highest BCUT2D eigenvalue weighted by molar-refractivity contribution is 5.13. The molecule has 69 valence electrons. The van der Waals surface area contributed by atoms with Crippen LogP contribution < -0.4 is 0 Å². The van der Waals surface area contributed by atoms with E-state index >= 15 is 0 Å². The highest BCUT2D eigenvalue weighted by Gasteiger charge is 1.88. The maximum absolute atomic E-state index is 3.39. The van der Waals surface area contributed by atoms with Crippen LogP contribution in [0.1, 0.15) is 53.4 Å². The molecule has 0 bridgehead atoms. The molecule has 0 nitrogen and oxygen atoms in total. The van der Waals surface area contributed by atoms with Crippen LogP contribution in [0.5, 0.6) is 0 Å². The number of allylic oxidation sites excluding steroid dienone is 4. The molecule has 0 aliphatic rings. The summed E-state index contributed by atoms with van der Waals surface area (Å²) in [5, 5.41) is 0. The molecule has 0 fully saturated rings. The molecule has 0 rings (SSSR count). The summed E-state index contributed by atoms with van der Waals surface area (Å²) in [5.41, 5.74) is 2.67. The predicted octanol–water partition coefficient (Wildman–Crippen LogP) is 4.28. The Morgan fingerprint density at radius 2 is 1.83 bits per heavy atom. The molecule has 12 heavy (non-hydrogen) atoms. The van der Waals surface area contributed by atoms with Crippen LogP contribution in [-0.4, -0.2) is 0 Å². The topological polar surface area (TPSA) is 0 Å². The minimum Gasteiger partial charge on any atom is -0.0810 e. The smallest absolute Gasteiger partial charge is 0.0167 e. The molecule has 0 saturated carbocycles. The van der Waals surface area contributed by atoms with Crippen molar-refractivity contribution < 1.29 is 0 Å². The van der Waals surface area contributed by atoms with Crippen LogP contribution in [0, 0.1) is 6.08 Å². The van der Waals surface area contributed by atoms with Gasteiger partial charge in [0.15, 0.2) is 0 Å². The lowest BCUT2D eigenvalue weighted by molar-refractivity contribution is 0.897. The maximum Gasteiger partial charge on any atom is -0.0167 e. The Morgan fingerprint density at radius 1 is 1.17 bits per heavy atom. The quantitative estimate of drug-likeness (QED) is 0.533. The summed E-state index contributed by atoms with van der Waals surface area (Å²) in [7, 11) is 0. The fourth-order valence-electron chi connectivity index (χ4n) is 1.19. The van der Waals surface area contributed by atoms with Gasteiger partial charge in [0.1, 0.15) is 0 Å². The standard InChI is InChI=1S/C12H21/c1-5-7-9-12(4)10-11(3)8-6-2/h9H,5-8H2,1-4H3. The molecule has 0 spiro atoms. The van der Waals surface area contributed by atoms with Gasteiger partial charge in [-0.3, -0.25) is 0 Å². The highest BCUT2D eigenvalue weighted by Crippen LogP contribution is 2.07. The third-order valence-corrected chi connectivity index (χ3v) is 1.77. The second kappa shape index (κ2) is 7.15. The van der Waals surface area contributed by atoms with Gasteiger partial charge in [-0.15, -0.1) is 0 Å². The highest BCUT2D eigenvalue weighted by atomic mass is 13.9. The second-order valence-electron chi connectivity index (χ2n) is 3.33. The van der Waals surface area contributed by atoms with Crippen LogP contribution in [0.15, 0.2) is 17.2 Å². The molecule has 0 aliphatic heterocycles. The van der Waals surface area contributed by atoms with E-state index in [2.05, 4.69) is 39.8 Å². The predicted molar refractivity (Wildman–Crippen MR) is 56.0 cm³/mol. The van der Waals surface area contributed by atoms with E-state index in [1.54, 1.807) is 0 Å². The van der Waals surface area contributed by atoms with Crippen LogP contribution >= 0.6 is 0 Å². The minimum atomic E-state index is 1.18. The van der Waals surface area contributed by atoms with Gasteiger partial charge in [0, 0.05) is 0 Å². The molecule has 0 aromatic rings. The summed E-state index contributed by atoms with van der Waals surface area (Å²) in [5.74, 6) is 0. The van der Waals surface area contributed by atoms with E-state index in [4.69, 9.17) is 0 Å². The molecule has 0 atom stereocenters. The van der Waals surface area contributed by atoms with Crippen molar-refractivity contribution in [3.8, 4) is 0 Å². The lowest BCUT2D eigenvalue weighted by Crippen LogP contribution is -1.78. The largest absolute Gasteiger partial charge is 0.0810 e. The van der Waals surface area contributed by atoms with Crippen molar-refractivity contribution >= 4 is 0 Å². The van der Waals surface area contributed by atoms with Crippen LogP contribution in [0.4, 0.5) is 0 Å². The summed E-state index contributed by atoms with van der Waals surface area (Å²) in [6, 6.07) is 0. The van der Waals surface area contributed by atoms with Gasteiger partial charge in [-0.1, -0.05) is 38.3 Å². The monoisotopic (exact) mass is 165 g/mol. The summed E-state index contributed by atoms with van der Waals surface area (Å²) < 4.78 is 0. The third-order valence-electron chi connectivity index (χ3n) is 1.77. The fraction of sp³-hybridized carbons (Fsp3) is 0.667. The molecule has 1 radical (unpaired) electrons. The Hall–Kier alpha value is -0.520. The maximum atomic E-state index is 3.39. The van der Waals surface area contributed by atoms with Gasteiger partial charge in [0.25, 0.3) is 0 Å². The van der Waals surface area contributed by atoms with Crippen molar-refractivity contribution in [2.75, 3.05) is 0 Å². The Kier molecular flexibility index (Phi) is 6.84. The average molecular weight is 165 g/mol. The first kappa shape index (κ1) is 11.5. The molecule has 0 aromatic heterocycles. The molecule has 0 amide bonds. The fourth-order valence-corrected chi connectivity index (χ4v) is 1.19. The summed E-state index contributed by atoms with van der Waals surface area (Å²) in [4.78, 5) is 0. The van der Waals surface area contributed by atoms with Crippen molar-refractivity contribution in [3.05, 3.63) is 23.3 Å². The molecule has 0 heteroatoms. The zero-order valence-electron chi connectivity index (χ0n) is 8.91. The Bertz CT molecular complexity index is 161. The van der Waals surface area contributed by atoms with Gasteiger partial charge in [0.2, 0.25) is 0 Å². The van der Waals surface area contributed by atoms with Gasteiger partial charge in [-0.2, -0.15) is 0 Å². The number of unbranched alkanes of at least 4 members (excludes halogenated alkanes) is 1. The molecular weight excluding hydrogens is 144 g/mol. The van der Waals surface area contributed by atoms with Crippen molar-refractivity contribution in [3.63, 3.8) is 0 Å². The van der Waals surface area contributed by atoms with Crippen LogP contribution in [0.25, 0.3) is 0 Å². The lowest BCUT2D eigenvalue weighted by Gasteiger charge is -1.97. The van der Waals surface area contributed by atoms with Crippen LogP contribution in [0.2, 0.25) is 0 Å². The van der Waals surface area contributed by atoms with Crippen molar-refractivity contribution in [2.24, 2.45) is 0 Å². The first-order valence-corrected chi connectivity index (χ1v) is 4.96. The lowest BCUT2D eigenvalue weighted by atomic mass is 10.1. The summed E-state index contributed by atoms with van der Waals surface area (Å²) in [6.45, 7) is 8.70. The zero-order valence-corrected chi connectivity index (χ0v) is 8.91. The first-order valence-electron chi connectivity index (χ1n) is 4.96. The number of rotatable bonds is 5. The SMILES string of the molecule is CCCC=C(C)/[C]=C(\C)CCC. The van der Waals surface area contributed by atoms with E-state index in [1.807, 2.05) is 0 Å². The number of hydrogen-bond donors (Lipinski definition) is 0. The van der Waals surface area contributed by atoms with Crippen LogP contribution in [-0.2, 0) is 0 Å². The Balaban J connectivity index is 3.93. The summed E-state index contributed by atoms with van der Waals surface area (Å²) >= 11 is 0. The first-order chi connectivity index (χ1) is 5.70. The third kappa shape index (κ3) is 6.21. The van der Waals surface area contributed by atoms with E-state index in [9.17, 15) is 0 Å². The molecule has 0 aliphatic carbocycles. The molecule has 0 N–H and O–H groups in total. The second-order valence-corrected chi connectivity index (χ2v) is 3.33. The van der Waals surface area contributed by atoms with Gasteiger partial charge in [-0.05, 0) is 38.3 Å². The minimum absolute atomic E-state index is 1.18. The van der Waals surface area contributed by atoms with Gasteiger partial charge < -0.3 is 0 Å². The normalized spacial score (nSPS) is 13.7. The summed E-state index contributed by atoms with van der Waals surface area (Å²) in [6.07, 6.45) is 10.5. The Labute approximate surface area is 77.4 Å². The molecule has 0 saturated heterocycles. The number of hydrogen-bond acceptors (Lipinski definition) is 0. The van der Waals surface area contributed by atoms with Crippen molar-refractivity contribution in [1.29, 1.82) is 0 Å².